The SMILES string of the molecule is O=C(CCCCCCNC(=O)c1cc(I)cc(I)c1I)OC(C(F)(F)F)C(F)(F)S(=O)(=O)[O-]. The molecule has 1 N–H and O–H groups in total. The second-order valence-corrected chi connectivity index (χ2v) is 11.5. The van der Waals surface area contributed by atoms with Crippen LogP contribution < -0.4 is 5.32 Å². The Labute approximate surface area is 227 Å². The zero-order chi connectivity index (χ0) is 25.6. The van der Waals surface area contributed by atoms with Crippen LogP contribution in [0.5, 0.6) is 0 Å². The van der Waals surface area contributed by atoms with Gasteiger partial charge in [-0.05, 0) is 92.7 Å². The second-order valence-electron chi connectivity index (χ2n) is 6.60. The number of carbonyl (C=O) groups excluding carboxylic acids is 2. The van der Waals surface area contributed by atoms with Gasteiger partial charge in [0.2, 0.25) is 0 Å². The zero-order valence-corrected chi connectivity index (χ0v) is 23.6. The smallest absolute Gasteiger partial charge is 0.432 e. The van der Waals surface area contributed by atoms with E-state index in [1.807, 2.05) is 6.07 Å². The number of benzene rings is 1. The number of hydrogen-bond acceptors (Lipinski definition) is 6. The van der Waals surface area contributed by atoms with Crippen LogP contribution in [0.2, 0.25) is 0 Å². The molecular weight excluding hydrogens is 822 g/mol. The molecule has 1 atom stereocenters. The summed E-state index contributed by atoms with van der Waals surface area (Å²) in [5.41, 5.74) is 0.519. The molecule has 0 aliphatic heterocycles. The summed E-state index contributed by atoms with van der Waals surface area (Å²) < 4.78 is 102. The van der Waals surface area contributed by atoms with Gasteiger partial charge in [0.15, 0.2) is 10.1 Å². The van der Waals surface area contributed by atoms with Gasteiger partial charge in [-0.3, -0.25) is 9.59 Å². The van der Waals surface area contributed by atoms with Gasteiger partial charge in [0, 0.05) is 23.7 Å². The van der Waals surface area contributed by atoms with E-state index in [0.29, 0.717) is 31.4 Å². The minimum absolute atomic E-state index is 0.0278. The first kappa shape index (κ1) is 30.9. The van der Waals surface area contributed by atoms with Crippen LogP contribution in [0.25, 0.3) is 0 Å². The first-order valence-electron chi connectivity index (χ1n) is 9.00. The maximum atomic E-state index is 13.3. The number of alkyl halides is 5. The number of unbranched alkanes of at least 4 members (excludes halogenated alkanes) is 3. The van der Waals surface area contributed by atoms with Crippen LogP contribution in [-0.2, 0) is 19.6 Å². The normalized spacial score (nSPS) is 13.5. The molecule has 0 heterocycles. The van der Waals surface area contributed by atoms with Gasteiger partial charge in [-0.25, -0.2) is 8.42 Å². The van der Waals surface area contributed by atoms with Crippen LogP contribution in [0.15, 0.2) is 12.1 Å². The monoisotopic (exact) mass is 838 g/mol. The summed E-state index contributed by atoms with van der Waals surface area (Å²) in [7, 11) is -6.72. The van der Waals surface area contributed by atoms with Gasteiger partial charge in [-0.2, -0.15) is 22.0 Å². The van der Waals surface area contributed by atoms with Crippen molar-refractivity contribution in [1.82, 2.24) is 5.32 Å². The summed E-state index contributed by atoms with van der Waals surface area (Å²) in [5, 5.41) is -3.12. The molecule has 0 radical (unpaired) electrons. The Morgan fingerprint density at radius 3 is 2.15 bits per heavy atom. The largest absolute Gasteiger partial charge is 0.743 e. The fourth-order valence-corrected chi connectivity index (χ4v) is 5.26. The lowest BCUT2D eigenvalue weighted by Crippen LogP contribution is -2.52. The third-order valence-electron chi connectivity index (χ3n) is 4.02. The molecule has 7 nitrogen and oxygen atoms in total. The van der Waals surface area contributed by atoms with Crippen molar-refractivity contribution in [2.24, 2.45) is 0 Å². The number of carbonyl (C=O) groups is 2. The zero-order valence-electron chi connectivity index (χ0n) is 16.4. The Kier molecular flexibility index (Phi) is 11.9. The van der Waals surface area contributed by atoms with Crippen molar-refractivity contribution in [2.75, 3.05) is 6.54 Å². The predicted molar refractivity (Wildman–Crippen MR) is 131 cm³/mol. The Bertz CT molecular complexity index is 975. The van der Waals surface area contributed by atoms with Gasteiger partial charge >= 0.3 is 17.4 Å². The summed E-state index contributed by atoms with van der Waals surface area (Å²) in [6, 6.07) is 3.66. The second kappa shape index (κ2) is 12.7. The number of hydrogen-bond donors (Lipinski definition) is 1. The summed E-state index contributed by atoms with van der Waals surface area (Å²) in [4.78, 5) is 23.8. The van der Waals surface area contributed by atoms with Crippen molar-refractivity contribution in [3.63, 3.8) is 0 Å². The summed E-state index contributed by atoms with van der Waals surface area (Å²) >= 11 is 6.27. The fourth-order valence-electron chi connectivity index (χ4n) is 2.41. The average Bonchev–Trinajstić information content (AvgIpc) is 2.66. The first-order valence-corrected chi connectivity index (χ1v) is 13.6. The molecule has 0 saturated carbocycles. The quantitative estimate of drug-likeness (QED) is 0.0858. The highest BCUT2D eigenvalue weighted by Crippen LogP contribution is 2.38. The third-order valence-corrected chi connectivity index (χ3v) is 8.56. The van der Waals surface area contributed by atoms with Crippen LogP contribution in [0.3, 0.4) is 0 Å². The van der Waals surface area contributed by atoms with Crippen molar-refractivity contribution in [3.05, 3.63) is 28.4 Å². The van der Waals surface area contributed by atoms with Gasteiger partial charge in [-0.15, -0.1) is 0 Å². The summed E-state index contributed by atoms with van der Waals surface area (Å²) in [6.45, 7) is 0.297. The van der Waals surface area contributed by atoms with E-state index in [-0.39, 0.29) is 12.3 Å². The van der Waals surface area contributed by atoms with Gasteiger partial charge in [-0.1, -0.05) is 12.8 Å². The molecule has 0 aliphatic rings. The van der Waals surface area contributed by atoms with Gasteiger partial charge < -0.3 is 14.6 Å². The van der Waals surface area contributed by atoms with E-state index in [2.05, 4.69) is 77.8 Å². The molecule has 1 aromatic rings. The summed E-state index contributed by atoms with van der Waals surface area (Å²) in [5.74, 6) is -1.98. The minimum Gasteiger partial charge on any atom is -0.743 e. The number of esters is 1. The molecule has 1 rings (SSSR count). The average molecular weight is 838 g/mol. The van der Waals surface area contributed by atoms with E-state index in [1.165, 1.54) is 0 Å². The minimum atomic E-state index is -6.72. The third kappa shape index (κ3) is 9.47. The van der Waals surface area contributed by atoms with Gasteiger partial charge in [0.1, 0.15) is 0 Å². The highest BCUT2D eigenvalue weighted by molar-refractivity contribution is 14.1. The Morgan fingerprint density at radius 2 is 1.61 bits per heavy atom. The molecule has 33 heavy (non-hydrogen) atoms. The Hall–Kier alpha value is -0.0900. The molecule has 0 fully saturated rings. The Morgan fingerprint density at radius 1 is 1.03 bits per heavy atom. The fraction of sp³-hybridized carbons (Fsp3) is 0.529. The topological polar surface area (TPSA) is 113 Å². The van der Waals surface area contributed by atoms with Crippen LogP contribution in [0.1, 0.15) is 42.5 Å². The standard InChI is InChI=1S/C17H17F5I3NO6S/c18-16(19,20)15(17(21,22)33(29,30)31)32-12(27)5-3-1-2-4-6-26-14(28)10-7-9(23)8-11(24)13(10)25/h7-8,15H,1-6H2,(H,26,28)(H,29,30,31)/p-1. The highest BCUT2D eigenvalue weighted by Gasteiger charge is 2.62. The molecule has 1 amide bonds. The van der Waals surface area contributed by atoms with Crippen LogP contribution in [0, 0.1) is 10.7 Å². The molecule has 0 saturated heterocycles. The van der Waals surface area contributed by atoms with E-state index in [9.17, 15) is 44.5 Å². The number of rotatable bonds is 11. The molecule has 16 heteroatoms. The Balaban J connectivity index is 2.43. The van der Waals surface area contributed by atoms with Crippen LogP contribution in [-0.4, -0.2) is 48.9 Å². The van der Waals surface area contributed by atoms with Crippen molar-refractivity contribution in [3.8, 4) is 0 Å². The molecule has 1 unspecified atom stereocenters. The highest BCUT2D eigenvalue weighted by atomic mass is 127. The molecule has 188 valence electrons. The van der Waals surface area contributed by atoms with Crippen LogP contribution in [0.4, 0.5) is 22.0 Å². The van der Waals surface area contributed by atoms with Crippen molar-refractivity contribution < 1.29 is 49.2 Å². The molecule has 1 aromatic carbocycles. The van der Waals surface area contributed by atoms with E-state index in [1.54, 1.807) is 6.07 Å². The maximum absolute atomic E-state index is 13.3. The van der Waals surface area contributed by atoms with E-state index in [0.717, 1.165) is 10.7 Å². The van der Waals surface area contributed by atoms with Gasteiger partial charge in [0.25, 0.3) is 12.0 Å². The molecular formula is C17H16F5I3NO6S-. The van der Waals surface area contributed by atoms with E-state index >= 15 is 0 Å². The van der Waals surface area contributed by atoms with Crippen LogP contribution >= 0.6 is 67.8 Å². The maximum Gasteiger partial charge on any atom is 0.432 e. The molecule has 0 spiro atoms. The number of ether oxygens (including phenoxy) is 1. The molecule has 0 aromatic heterocycles. The first-order chi connectivity index (χ1) is 15.0. The lowest BCUT2D eigenvalue weighted by atomic mass is 10.1. The predicted octanol–water partition coefficient (Wildman–Crippen LogP) is 4.79. The van der Waals surface area contributed by atoms with E-state index in [4.69, 9.17) is 0 Å². The summed E-state index contributed by atoms with van der Waals surface area (Å²) in [6.07, 6.45) is -9.81. The molecule has 0 bridgehead atoms. The number of nitrogens with one attached hydrogen (secondary N) is 1. The number of amides is 1. The molecule has 0 aliphatic carbocycles. The van der Waals surface area contributed by atoms with Crippen molar-refractivity contribution in [1.29, 1.82) is 0 Å². The van der Waals surface area contributed by atoms with E-state index < -0.39 is 40.0 Å². The van der Waals surface area contributed by atoms with Crippen molar-refractivity contribution in [2.45, 2.75) is 49.6 Å². The lowest BCUT2D eigenvalue weighted by molar-refractivity contribution is -0.259. The number of halogens is 8. The lowest BCUT2D eigenvalue weighted by Gasteiger charge is -2.29. The van der Waals surface area contributed by atoms with Crippen molar-refractivity contribution >= 4 is 89.8 Å². The van der Waals surface area contributed by atoms with Gasteiger partial charge in [0.05, 0.1) is 5.56 Å².